The highest BCUT2D eigenvalue weighted by molar-refractivity contribution is 5.79. The lowest BCUT2D eigenvalue weighted by molar-refractivity contribution is -0.138. The van der Waals surface area contributed by atoms with Gasteiger partial charge >= 0.3 is 0 Å². The number of aromatic nitrogens is 2. The standard InChI is InChI=1S/C20H27N5O2/c21-20-22-8-5-18(23-20)15-6-10-25(11-7-15)19(26)16-3-1-9-24(13-16)14-17-4-2-12-27-17/h2,4-5,8,12,15-16H,1,3,6-7,9-11,13-14H2,(H2,21,22,23)/t16-/m0/s1. The summed E-state index contributed by atoms with van der Waals surface area (Å²) in [6.45, 7) is 4.22. The number of rotatable bonds is 4. The van der Waals surface area contributed by atoms with Crippen molar-refractivity contribution in [1.82, 2.24) is 19.8 Å². The average Bonchev–Trinajstić information content (AvgIpc) is 3.21. The van der Waals surface area contributed by atoms with Gasteiger partial charge in [-0.25, -0.2) is 9.97 Å². The Hall–Kier alpha value is -2.41. The third-order valence-corrected chi connectivity index (χ3v) is 5.73. The molecule has 7 nitrogen and oxygen atoms in total. The maximum absolute atomic E-state index is 13.0. The molecule has 0 spiro atoms. The van der Waals surface area contributed by atoms with Crippen molar-refractivity contribution in [2.45, 2.75) is 38.1 Å². The normalized spacial score (nSPS) is 22.1. The van der Waals surface area contributed by atoms with Crippen molar-refractivity contribution < 1.29 is 9.21 Å². The molecule has 1 amide bonds. The molecule has 7 heteroatoms. The third-order valence-electron chi connectivity index (χ3n) is 5.73. The lowest BCUT2D eigenvalue weighted by Gasteiger charge is -2.37. The monoisotopic (exact) mass is 369 g/mol. The summed E-state index contributed by atoms with van der Waals surface area (Å²) in [4.78, 5) is 25.7. The van der Waals surface area contributed by atoms with Gasteiger partial charge in [-0.2, -0.15) is 0 Å². The van der Waals surface area contributed by atoms with Crippen LogP contribution in [0, 0.1) is 5.92 Å². The molecular formula is C20H27N5O2. The Morgan fingerprint density at radius 1 is 1.22 bits per heavy atom. The molecular weight excluding hydrogens is 342 g/mol. The Kier molecular flexibility index (Phi) is 5.38. The van der Waals surface area contributed by atoms with E-state index in [1.165, 1.54) is 0 Å². The quantitative estimate of drug-likeness (QED) is 0.889. The lowest BCUT2D eigenvalue weighted by atomic mass is 9.91. The van der Waals surface area contributed by atoms with Gasteiger partial charge in [-0.05, 0) is 50.4 Å². The second kappa shape index (κ2) is 8.08. The van der Waals surface area contributed by atoms with Crippen LogP contribution in [0.1, 0.15) is 43.1 Å². The summed E-state index contributed by atoms with van der Waals surface area (Å²) in [5.74, 6) is 2.05. The zero-order valence-electron chi connectivity index (χ0n) is 15.6. The van der Waals surface area contributed by atoms with Gasteiger partial charge in [0.1, 0.15) is 5.76 Å². The smallest absolute Gasteiger partial charge is 0.226 e. The molecule has 4 heterocycles. The van der Waals surface area contributed by atoms with Gasteiger partial charge < -0.3 is 15.1 Å². The summed E-state index contributed by atoms with van der Waals surface area (Å²) in [5, 5.41) is 0. The van der Waals surface area contributed by atoms with Crippen LogP contribution in [0.2, 0.25) is 0 Å². The first-order valence-electron chi connectivity index (χ1n) is 9.81. The van der Waals surface area contributed by atoms with Gasteiger partial charge in [0, 0.05) is 37.4 Å². The Balaban J connectivity index is 1.31. The number of nitrogen functional groups attached to an aromatic ring is 1. The minimum absolute atomic E-state index is 0.0972. The number of nitrogens with two attached hydrogens (primary N) is 1. The van der Waals surface area contributed by atoms with E-state index in [0.717, 1.165) is 69.9 Å². The van der Waals surface area contributed by atoms with Crippen LogP contribution in [0.4, 0.5) is 5.95 Å². The van der Waals surface area contributed by atoms with Gasteiger partial charge in [0.25, 0.3) is 0 Å². The van der Waals surface area contributed by atoms with E-state index in [4.69, 9.17) is 10.2 Å². The van der Waals surface area contributed by atoms with Gasteiger partial charge in [0.2, 0.25) is 11.9 Å². The molecule has 0 saturated carbocycles. The molecule has 2 aliphatic heterocycles. The van der Waals surface area contributed by atoms with Gasteiger partial charge in [-0.1, -0.05) is 0 Å². The third kappa shape index (κ3) is 4.30. The number of furan rings is 1. The molecule has 1 atom stereocenters. The van der Waals surface area contributed by atoms with E-state index in [-0.39, 0.29) is 5.92 Å². The number of likely N-dealkylation sites (tertiary alicyclic amines) is 2. The number of carbonyl (C=O) groups excluding carboxylic acids is 1. The maximum Gasteiger partial charge on any atom is 0.226 e. The number of carbonyl (C=O) groups is 1. The molecule has 4 rings (SSSR count). The van der Waals surface area contributed by atoms with Crippen molar-refractivity contribution in [3.63, 3.8) is 0 Å². The summed E-state index contributed by atoms with van der Waals surface area (Å²) in [6.07, 6.45) is 7.34. The molecule has 0 aliphatic carbocycles. The SMILES string of the molecule is Nc1nccc(C2CCN(C(=O)[C@H]3CCCN(Cc4ccco4)C3)CC2)n1. The molecule has 2 saturated heterocycles. The molecule has 2 fully saturated rings. The molecule has 2 aliphatic rings. The van der Waals surface area contributed by atoms with Crippen molar-refractivity contribution in [3.05, 3.63) is 42.1 Å². The van der Waals surface area contributed by atoms with Gasteiger partial charge in [0.15, 0.2) is 0 Å². The van der Waals surface area contributed by atoms with Crippen LogP contribution in [-0.4, -0.2) is 51.9 Å². The van der Waals surface area contributed by atoms with Gasteiger partial charge in [-0.3, -0.25) is 9.69 Å². The van der Waals surface area contributed by atoms with Crippen LogP contribution in [0.15, 0.2) is 35.1 Å². The molecule has 2 aromatic heterocycles. The first-order valence-corrected chi connectivity index (χ1v) is 9.81. The van der Waals surface area contributed by atoms with Crippen LogP contribution in [0.5, 0.6) is 0 Å². The Labute approximate surface area is 159 Å². The second-order valence-corrected chi connectivity index (χ2v) is 7.59. The first kappa shape index (κ1) is 18.0. The Morgan fingerprint density at radius 3 is 2.81 bits per heavy atom. The van der Waals surface area contributed by atoms with Crippen LogP contribution in [-0.2, 0) is 11.3 Å². The first-order chi connectivity index (χ1) is 13.2. The minimum Gasteiger partial charge on any atom is -0.468 e. The van der Waals surface area contributed by atoms with E-state index < -0.39 is 0 Å². The summed E-state index contributed by atoms with van der Waals surface area (Å²) in [7, 11) is 0. The van der Waals surface area contributed by atoms with Crippen molar-refractivity contribution in [3.8, 4) is 0 Å². The maximum atomic E-state index is 13.0. The van der Waals surface area contributed by atoms with Crippen LogP contribution < -0.4 is 5.73 Å². The van der Waals surface area contributed by atoms with Crippen molar-refractivity contribution in [1.29, 1.82) is 0 Å². The second-order valence-electron chi connectivity index (χ2n) is 7.59. The number of hydrogen-bond donors (Lipinski definition) is 1. The summed E-state index contributed by atoms with van der Waals surface area (Å²) >= 11 is 0. The van der Waals surface area contributed by atoms with Crippen LogP contribution >= 0.6 is 0 Å². The van der Waals surface area contributed by atoms with Crippen molar-refractivity contribution >= 4 is 11.9 Å². The molecule has 2 N–H and O–H groups in total. The number of anilines is 1. The molecule has 0 radical (unpaired) electrons. The number of amides is 1. The van der Waals surface area contributed by atoms with E-state index in [0.29, 0.717) is 17.8 Å². The zero-order chi connectivity index (χ0) is 18.6. The molecule has 144 valence electrons. The van der Waals surface area contributed by atoms with E-state index in [9.17, 15) is 4.79 Å². The fourth-order valence-corrected chi connectivity index (χ4v) is 4.29. The topological polar surface area (TPSA) is 88.5 Å². The summed E-state index contributed by atoms with van der Waals surface area (Å²) in [6, 6.07) is 5.85. The Bertz CT molecular complexity index is 755. The molecule has 0 bridgehead atoms. The van der Waals surface area contributed by atoms with E-state index in [1.54, 1.807) is 12.5 Å². The zero-order valence-corrected chi connectivity index (χ0v) is 15.6. The highest BCUT2D eigenvalue weighted by atomic mass is 16.3. The van der Waals surface area contributed by atoms with E-state index in [2.05, 4.69) is 14.9 Å². The van der Waals surface area contributed by atoms with E-state index in [1.807, 2.05) is 23.1 Å². The average molecular weight is 369 g/mol. The highest BCUT2D eigenvalue weighted by Crippen LogP contribution is 2.29. The van der Waals surface area contributed by atoms with Crippen molar-refractivity contribution in [2.75, 3.05) is 31.9 Å². The number of piperidine rings is 2. The number of hydrogen-bond acceptors (Lipinski definition) is 6. The van der Waals surface area contributed by atoms with E-state index >= 15 is 0 Å². The van der Waals surface area contributed by atoms with Crippen LogP contribution in [0.3, 0.4) is 0 Å². The fourth-order valence-electron chi connectivity index (χ4n) is 4.29. The predicted molar refractivity (Wildman–Crippen MR) is 102 cm³/mol. The Morgan fingerprint density at radius 2 is 2.07 bits per heavy atom. The molecule has 0 unspecified atom stereocenters. The highest BCUT2D eigenvalue weighted by Gasteiger charge is 2.32. The summed E-state index contributed by atoms with van der Waals surface area (Å²) < 4.78 is 5.45. The van der Waals surface area contributed by atoms with Gasteiger partial charge in [-0.15, -0.1) is 0 Å². The largest absolute Gasteiger partial charge is 0.468 e. The molecule has 2 aromatic rings. The molecule has 27 heavy (non-hydrogen) atoms. The summed E-state index contributed by atoms with van der Waals surface area (Å²) in [5.41, 5.74) is 6.70. The van der Waals surface area contributed by atoms with Crippen molar-refractivity contribution in [2.24, 2.45) is 5.92 Å². The van der Waals surface area contributed by atoms with Crippen LogP contribution in [0.25, 0.3) is 0 Å². The fraction of sp³-hybridized carbons (Fsp3) is 0.550. The number of nitrogens with zero attached hydrogens (tertiary/aromatic N) is 4. The molecule has 0 aromatic carbocycles. The lowest BCUT2D eigenvalue weighted by Crippen LogP contribution is -2.46. The predicted octanol–water partition coefficient (Wildman–Crippen LogP) is 2.27. The van der Waals surface area contributed by atoms with Gasteiger partial charge in [0.05, 0.1) is 18.7 Å². The minimum atomic E-state index is 0.0972.